The molecule has 0 radical (unpaired) electrons. The molecule has 0 atom stereocenters. The Morgan fingerprint density at radius 2 is 2.00 bits per heavy atom. The molecule has 1 heterocycles. The molecule has 0 fully saturated rings. The summed E-state index contributed by atoms with van der Waals surface area (Å²) in [5.41, 5.74) is 0.131. The Morgan fingerprint density at radius 3 is 2.64 bits per heavy atom. The average Bonchev–Trinajstić information content (AvgIpc) is 2.90. The molecule has 0 aliphatic rings. The monoisotopic (exact) mass is 309 g/mol. The van der Waals surface area contributed by atoms with Gasteiger partial charge in [0.2, 0.25) is 0 Å². The molecule has 126 valence electrons. The van der Waals surface area contributed by atoms with Crippen molar-refractivity contribution in [2.45, 2.75) is 53.1 Å². The summed E-state index contributed by atoms with van der Waals surface area (Å²) in [5, 5.41) is 18.1. The number of nitrogens with zero attached hydrogens (tertiary/aromatic N) is 4. The number of aryl methyl sites for hydroxylation is 1. The fourth-order valence-corrected chi connectivity index (χ4v) is 1.97. The zero-order valence-electron chi connectivity index (χ0n) is 14.6. The van der Waals surface area contributed by atoms with E-state index in [0.29, 0.717) is 0 Å². The number of nitrogens with one attached hydrogen (secondary N) is 3. The first-order valence-corrected chi connectivity index (χ1v) is 8.10. The summed E-state index contributed by atoms with van der Waals surface area (Å²) in [7, 11) is 0. The number of hydrogen-bond acceptors (Lipinski definition) is 4. The second kappa shape index (κ2) is 9.40. The molecule has 0 aliphatic heterocycles. The maximum atomic E-state index is 4.57. The molecule has 1 aromatic rings. The first-order valence-electron chi connectivity index (χ1n) is 8.10. The first-order chi connectivity index (χ1) is 10.5. The molecule has 3 N–H and O–H groups in total. The lowest BCUT2D eigenvalue weighted by Crippen LogP contribution is -2.41. The first kappa shape index (κ1) is 18.4. The van der Waals surface area contributed by atoms with Gasteiger partial charge in [-0.15, -0.1) is 10.2 Å². The minimum Gasteiger partial charge on any atom is -0.357 e. The van der Waals surface area contributed by atoms with E-state index in [1.165, 1.54) is 0 Å². The van der Waals surface area contributed by atoms with Gasteiger partial charge in [-0.3, -0.25) is 4.99 Å². The van der Waals surface area contributed by atoms with Gasteiger partial charge in [0.15, 0.2) is 5.96 Å². The molecule has 1 aromatic heterocycles. The second-order valence-electron chi connectivity index (χ2n) is 6.16. The van der Waals surface area contributed by atoms with Gasteiger partial charge >= 0.3 is 0 Å². The Morgan fingerprint density at radius 1 is 1.23 bits per heavy atom. The van der Waals surface area contributed by atoms with Gasteiger partial charge in [-0.2, -0.15) is 0 Å². The Kier molecular flexibility index (Phi) is 7.87. The lowest BCUT2D eigenvalue weighted by atomic mass is 10.1. The van der Waals surface area contributed by atoms with Crippen LogP contribution in [0.15, 0.2) is 11.3 Å². The largest absolute Gasteiger partial charge is 0.357 e. The molecule has 7 heteroatoms. The van der Waals surface area contributed by atoms with E-state index in [0.717, 1.165) is 50.9 Å². The zero-order chi connectivity index (χ0) is 16.4. The lowest BCUT2D eigenvalue weighted by molar-refractivity contribution is 0.432. The highest BCUT2D eigenvalue weighted by Gasteiger charge is 2.07. The second-order valence-corrected chi connectivity index (χ2v) is 6.16. The van der Waals surface area contributed by atoms with Crippen LogP contribution >= 0.6 is 0 Å². The van der Waals surface area contributed by atoms with Crippen molar-refractivity contribution in [1.82, 2.24) is 30.7 Å². The van der Waals surface area contributed by atoms with Crippen molar-refractivity contribution in [2.24, 2.45) is 4.99 Å². The molecular formula is C15H31N7. The third kappa shape index (κ3) is 7.40. The van der Waals surface area contributed by atoms with Crippen molar-refractivity contribution in [2.75, 3.05) is 26.2 Å². The van der Waals surface area contributed by atoms with E-state index in [9.17, 15) is 0 Å². The maximum Gasteiger partial charge on any atom is 0.191 e. The Hall–Kier alpha value is -1.63. The fourth-order valence-electron chi connectivity index (χ4n) is 1.97. The van der Waals surface area contributed by atoms with E-state index < -0.39 is 0 Å². The van der Waals surface area contributed by atoms with Crippen molar-refractivity contribution < 1.29 is 0 Å². The van der Waals surface area contributed by atoms with Gasteiger partial charge in [0, 0.05) is 38.1 Å². The van der Waals surface area contributed by atoms with Crippen LogP contribution in [0.1, 0.15) is 40.4 Å². The highest BCUT2D eigenvalue weighted by atomic mass is 15.3. The van der Waals surface area contributed by atoms with E-state index in [4.69, 9.17) is 0 Å². The van der Waals surface area contributed by atoms with Crippen LogP contribution in [0.3, 0.4) is 0 Å². The number of guanidine groups is 1. The summed E-state index contributed by atoms with van der Waals surface area (Å²) >= 11 is 0. The Labute approximate surface area is 134 Å². The highest BCUT2D eigenvalue weighted by Crippen LogP contribution is 1.97. The van der Waals surface area contributed by atoms with Gasteiger partial charge in [-0.1, -0.05) is 6.92 Å². The van der Waals surface area contributed by atoms with E-state index in [1.807, 2.05) is 0 Å². The lowest BCUT2D eigenvalue weighted by Gasteiger charge is -2.20. The van der Waals surface area contributed by atoms with Crippen LogP contribution in [0, 0.1) is 0 Å². The van der Waals surface area contributed by atoms with Crippen LogP contribution in [-0.4, -0.2) is 52.4 Å². The van der Waals surface area contributed by atoms with Crippen molar-refractivity contribution in [1.29, 1.82) is 0 Å². The van der Waals surface area contributed by atoms with Crippen LogP contribution < -0.4 is 16.0 Å². The molecular weight excluding hydrogens is 278 g/mol. The topological polar surface area (TPSA) is 79.2 Å². The molecule has 0 saturated heterocycles. The molecule has 0 bridgehead atoms. The van der Waals surface area contributed by atoms with Crippen molar-refractivity contribution in [3.05, 3.63) is 12.2 Å². The van der Waals surface area contributed by atoms with E-state index in [2.05, 4.69) is 70.3 Å². The molecule has 0 amide bonds. The van der Waals surface area contributed by atoms with E-state index >= 15 is 0 Å². The number of aromatic nitrogens is 3. The molecule has 0 saturated carbocycles. The smallest absolute Gasteiger partial charge is 0.191 e. The molecule has 22 heavy (non-hydrogen) atoms. The summed E-state index contributed by atoms with van der Waals surface area (Å²) in [4.78, 5) is 4.57. The summed E-state index contributed by atoms with van der Waals surface area (Å²) in [6.07, 6.45) is 2.67. The van der Waals surface area contributed by atoms with Crippen molar-refractivity contribution >= 4 is 5.96 Å². The normalized spacial score (nSPS) is 12.5. The minimum absolute atomic E-state index is 0.131. The fraction of sp³-hybridized carbons (Fsp3) is 0.800. The van der Waals surface area contributed by atoms with E-state index in [1.54, 1.807) is 6.33 Å². The van der Waals surface area contributed by atoms with Gasteiger partial charge < -0.3 is 20.5 Å². The molecule has 0 aromatic carbocycles. The standard InChI is InChI=1S/C15H31N7/c1-6-13-21-20-12-22(13)11-10-18-14(16-7-2)17-8-9-19-15(3,4)5/h12,19H,6-11H2,1-5H3,(H2,16,17,18). The molecule has 0 aliphatic carbocycles. The summed E-state index contributed by atoms with van der Waals surface area (Å²) in [6, 6.07) is 0. The molecule has 0 unspecified atom stereocenters. The number of hydrogen-bond donors (Lipinski definition) is 3. The highest BCUT2D eigenvalue weighted by molar-refractivity contribution is 5.79. The van der Waals surface area contributed by atoms with Crippen LogP contribution in [0.4, 0.5) is 0 Å². The predicted octanol–water partition coefficient (Wildman–Crippen LogP) is 0.784. The maximum absolute atomic E-state index is 4.57. The van der Waals surface area contributed by atoms with Gasteiger partial charge in [-0.05, 0) is 27.7 Å². The van der Waals surface area contributed by atoms with Crippen LogP contribution in [0.2, 0.25) is 0 Å². The minimum atomic E-state index is 0.131. The molecule has 7 nitrogen and oxygen atoms in total. The van der Waals surface area contributed by atoms with Gasteiger partial charge in [-0.25, -0.2) is 0 Å². The van der Waals surface area contributed by atoms with Crippen molar-refractivity contribution in [3.63, 3.8) is 0 Å². The predicted molar refractivity (Wildman–Crippen MR) is 91.1 cm³/mol. The van der Waals surface area contributed by atoms with Gasteiger partial charge in [0.1, 0.15) is 12.2 Å². The average molecular weight is 309 g/mol. The third-order valence-electron chi connectivity index (χ3n) is 3.04. The summed E-state index contributed by atoms with van der Waals surface area (Å²) in [6.45, 7) is 14.7. The Bertz CT molecular complexity index is 445. The quantitative estimate of drug-likeness (QED) is 0.376. The van der Waals surface area contributed by atoms with Crippen molar-refractivity contribution in [3.8, 4) is 0 Å². The van der Waals surface area contributed by atoms with Crippen LogP contribution in [0.5, 0.6) is 0 Å². The van der Waals surface area contributed by atoms with Crippen LogP contribution in [0.25, 0.3) is 0 Å². The molecule has 0 spiro atoms. The third-order valence-corrected chi connectivity index (χ3v) is 3.04. The molecule has 1 rings (SSSR count). The zero-order valence-corrected chi connectivity index (χ0v) is 14.6. The summed E-state index contributed by atoms with van der Waals surface area (Å²) in [5.74, 6) is 1.86. The van der Waals surface area contributed by atoms with E-state index in [-0.39, 0.29) is 5.54 Å². The number of aliphatic imine (C=N–C) groups is 1. The summed E-state index contributed by atoms with van der Waals surface area (Å²) < 4.78 is 2.07. The number of rotatable bonds is 8. The van der Waals surface area contributed by atoms with Gasteiger partial charge in [0.05, 0.1) is 6.54 Å². The van der Waals surface area contributed by atoms with Crippen LogP contribution in [-0.2, 0) is 13.0 Å². The SMILES string of the molecule is CCNC(=NCCNC(C)(C)C)NCCn1cnnc1CC. The van der Waals surface area contributed by atoms with Gasteiger partial charge in [0.25, 0.3) is 0 Å². The Balaban J connectivity index is 2.37.